The van der Waals surface area contributed by atoms with E-state index in [0.29, 0.717) is 45.4 Å². The molecule has 1 amide bonds. The van der Waals surface area contributed by atoms with Gasteiger partial charge >= 0.3 is 11.9 Å². The molecule has 9 nitrogen and oxygen atoms in total. The lowest BCUT2D eigenvalue weighted by Crippen LogP contribution is -2.46. The number of ether oxygens (including phenoxy) is 2. The summed E-state index contributed by atoms with van der Waals surface area (Å²) >= 11 is 0. The molecule has 0 saturated carbocycles. The number of sulfonamides is 1. The van der Waals surface area contributed by atoms with Crippen molar-refractivity contribution in [2.24, 2.45) is 11.8 Å². The third-order valence-corrected chi connectivity index (χ3v) is 8.15. The lowest BCUT2D eigenvalue weighted by Gasteiger charge is -2.33. The molecule has 2 aliphatic heterocycles. The van der Waals surface area contributed by atoms with E-state index in [-0.39, 0.29) is 35.8 Å². The Morgan fingerprint density at radius 3 is 2.06 bits per heavy atom. The fourth-order valence-electron chi connectivity index (χ4n) is 4.25. The molecule has 2 heterocycles. The molecule has 182 valence electrons. The van der Waals surface area contributed by atoms with Gasteiger partial charge in [0.1, 0.15) is 0 Å². The van der Waals surface area contributed by atoms with Gasteiger partial charge in [0, 0.05) is 26.2 Å². The third-order valence-electron chi connectivity index (χ3n) is 6.24. The number of carbonyl (C=O) groups excluding carboxylic acids is 3. The van der Waals surface area contributed by atoms with E-state index in [2.05, 4.69) is 0 Å². The lowest BCUT2D eigenvalue weighted by atomic mass is 9.96. The van der Waals surface area contributed by atoms with Gasteiger partial charge in [0.15, 0.2) is 6.10 Å². The summed E-state index contributed by atoms with van der Waals surface area (Å²) in [5.74, 6) is -1.64. The van der Waals surface area contributed by atoms with Crippen LogP contribution in [0.3, 0.4) is 0 Å². The monoisotopic (exact) mass is 480 g/mol. The van der Waals surface area contributed by atoms with Crippen LogP contribution in [0.5, 0.6) is 0 Å². The van der Waals surface area contributed by atoms with Crippen LogP contribution >= 0.6 is 0 Å². The van der Waals surface area contributed by atoms with Gasteiger partial charge in [-0.1, -0.05) is 18.2 Å². The van der Waals surface area contributed by atoms with Crippen molar-refractivity contribution in [3.63, 3.8) is 0 Å². The van der Waals surface area contributed by atoms with Crippen molar-refractivity contribution in [1.82, 2.24) is 9.21 Å². The minimum Gasteiger partial charge on any atom is -0.466 e. The predicted octanol–water partition coefficient (Wildman–Crippen LogP) is 1.82. The molecule has 2 aliphatic rings. The number of rotatable bonds is 7. The Labute approximate surface area is 195 Å². The smallest absolute Gasteiger partial charge is 0.309 e. The third kappa shape index (κ3) is 6.11. The first-order chi connectivity index (χ1) is 15.7. The zero-order valence-corrected chi connectivity index (χ0v) is 20.0. The Morgan fingerprint density at radius 1 is 0.939 bits per heavy atom. The van der Waals surface area contributed by atoms with Gasteiger partial charge in [0.05, 0.1) is 23.3 Å². The van der Waals surface area contributed by atoms with E-state index >= 15 is 0 Å². The van der Waals surface area contributed by atoms with E-state index in [9.17, 15) is 22.8 Å². The van der Waals surface area contributed by atoms with Gasteiger partial charge < -0.3 is 14.4 Å². The Morgan fingerprint density at radius 2 is 1.48 bits per heavy atom. The molecule has 0 unspecified atom stereocenters. The number of esters is 2. The highest BCUT2D eigenvalue weighted by atomic mass is 32.2. The standard InChI is InChI=1S/C23H32N2O7S/c1-3-31-22(27)18-9-13-24(14-10-18)21(26)17(2)32-23(28)19-11-15-25(16-12-19)33(29,30)20-7-5-4-6-8-20/h4-8,17-19H,3,9-16H2,1-2H3/t17-/m0/s1. The van der Waals surface area contributed by atoms with E-state index in [4.69, 9.17) is 9.47 Å². The highest BCUT2D eigenvalue weighted by Gasteiger charge is 2.35. The van der Waals surface area contributed by atoms with Crippen molar-refractivity contribution in [1.29, 1.82) is 0 Å². The molecule has 2 fully saturated rings. The summed E-state index contributed by atoms with van der Waals surface area (Å²) < 4.78 is 37.3. The zero-order valence-electron chi connectivity index (χ0n) is 19.1. The molecule has 0 bridgehead atoms. The Hall–Kier alpha value is -2.46. The fraction of sp³-hybridized carbons (Fsp3) is 0.609. The minimum atomic E-state index is -3.59. The number of hydrogen-bond donors (Lipinski definition) is 0. The van der Waals surface area contributed by atoms with Crippen LogP contribution in [0.2, 0.25) is 0 Å². The first kappa shape index (κ1) is 25.2. The Bertz CT molecular complexity index is 935. The van der Waals surface area contributed by atoms with Crippen LogP contribution in [0.4, 0.5) is 0 Å². The number of amides is 1. The number of hydrogen-bond acceptors (Lipinski definition) is 7. The van der Waals surface area contributed by atoms with Crippen LogP contribution in [0.1, 0.15) is 39.5 Å². The van der Waals surface area contributed by atoms with Crippen LogP contribution < -0.4 is 0 Å². The Balaban J connectivity index is 1.46. The SMILES string of the molecule is CCOC(=O)C1CCN(C(=O)[C@H](C)OC(=O)C2CCN(S(=O)(=O)c3ccccc3)CC2)CC1. The molecule has 0 radical (unpaired) electrons. The molecular weight excluding hydrogens is 448 g/mol. The first-order valence-electron chi connectivity index (χ1n) is 11.4. The first-order valence-corrected chi connectivity index (χ1v) is 12.9. The number of likely N-dealkylation sites (tertiary alicyclic amines) is 1. The van der Waals surface area contributed by atoms with Crippen molar-refractivity contribution in [2.75, 3.05) is 32.8 Å². The highest BCUT2D eigenvalue weighted by molar-refractivity contribution is 7.89. The van der Waals surface area contributed by atoms with Crippen LogP contribution in [0.25, 0.3) is 0 Å². The van der Waals surface area contributed by atoms with E-state index in [1.165, 1.54) is 4.31 Å². The minimum absolute atomic E-state index is 0.204. The molecule has 0 aliphatic carbocycles. The topological polar surface area (TPSA) is 110 Å². The van der Waals surface area contributed by atoms with Gasteiger partial charge in [-0.25, -0.2) is 8.42 Å². The normalized spacial score (nSPS) is 19.6. The average molecular weight is 481 g/mol. The van der Waals surface area contributed by atoms with Gasteiger partial charge in [-0.15, -0.1) is 0 Å². The van der Waals surface area contributed by atoms with Gasteiger partial charge in [0.2, 0.25) is 10.0 Å². The van der Waals surface area contributed by atoms with Crippen molar-refractivity contribution in [2.45, 2.75) is 50.5 Å². The quantitative estimate of drug-likeness (QED) is 0.548. The van der Waals surface area contributed by atoms with Crippen LogP contribution in [-0.2, 0) is 33.9 Å². The van der Waals surface area contributed by atoms with E-state index in [1.54, 1.807) is 49.1 Å². The fourth-order valence-corrected chi connectivity index (χ4v) is 5.74. The highest BCUT2D eigenvalue weighted by Crippen LogP contribution is 2.25. The molecule has 0 aromatic heterocycles. The van der Waals surface area contributed by atoms with E-state index in [1.807, 2.05) is 0 Å². The molecule has 0 N–H and O–H groups in total. The maximum Gasteiger partial charge on any atom is 0.309 e. The summed E-state index contributed by atoms with van der Waals surface area (Å²) in [6.45, 7) is 4.93. The summed E-state index contributed by atoms with van der Waals surface area (Å²) in [5.41, 5.74) is 0. The van der Waals surface area contributed by atoms with Crippen molar-refractivity contribution in [3.05, 3.63) is 30.3 Å². The molecular formula is C23H32N2O7S. The van der Waals surface area contributed by atoms with E-state index in [0.717, 1.165) is 0 Å². The zero-order chi connectivity index (χ0) is 24.0. The van der Waals surface area contributed by atoms with Crippen LogP contribution in [0, 0.1) is 11.8 Å². The number of piperidine rings is 2. The number of carbonyl (C=O) groups is 3. The number of nitrogens with zero attached hydrogens (tertiary/aromatic N) is 2. The summed E-state index contributed by atoms with van der Waals surface area (Å²) in [6, 6.07) is 8.22. The molecule has 1 atom stereocenters. The van der Waals surface area contributed by atoms with Crippen LogP contribution in [0.15, 0.2) is 35.2 Å². The second kappa shape index (κ2) is 11.1. The second-order valence-electron chi connectivity index (χ2n) is 8.42. The average Bonchev–Trinajstić information content (AvgIpc) is 2.84. The van der Waals surface area contributed by atoms with Crippen LogP contribution in [-0.4, -0.2) is 74.4 Å². The summed E-state index contributed by atoms with van der Waals surface area (Å²) in [4.78, 5) is 39.0. The van der Waals surface area contributed by atoms with Gasteiger partial charge in [-0.3, -0.25) is 14.4 Å². The number of benzene rings is 1. The molecule has 10 heteroatoms. The van der Waals surface area contributed by atoms with Crippen molar-refractivity contribution in [3.8, 4) is 0 Å². The van der Waals surface area contributed by atoms with Crippen molar-refractivity contribution < 1.29 is 32.3 Å². The van der Waals surface area contributed by atoms with Gasteiger partial charge in [-0.2, -0.15) is 4.31 Å². The lowest BCUT2D eigenvalue weighted by molar-refractivity contribution is -0.164. The van der Waals surface area contributed by atoms with Crippen molar-refractivity contribution >= 4 is 27.9 Å². The molecule has 1 aromatic rings. The Kier molecular flexibility index (Phi) is 8.47. The predicted molar refractivity (Wildman–Crippen MR) is 119 cm³/mol. The summed E-state index contributed by atoms with van der Waals surface area (Å²) in [5, 5.41) is 0. The second-order valence-corrected chi connectivity index (χ2v) is 10.4. The molecule has 33 heavy (non-hydrogen) atoms. The van der Waals surface area contributed by atoms with Gasteiger partial charge in [0.25, 0.3) is 5.91 Å². The maximum atomic E-state index is 12.7. The molecule has 3 rings (SSSR count). The summed E-state index contributed by atoms with van der Waals surface area (Å²) in [6.07, 6.45) is 0.815. The molecule has 1 aromatic carbocycles. The largest absolute Gasteiger partial charge is 0.466 e. The molecule has 0 spiro atoms. The molecule has 2 saturated heterocycles. The maximum absolute atomic E-state index is 12.7. The van der Waals surface area contributed by atoms with Gasteiger partial charge in [-0.05, 0) is 51.7 Å². The summed E-state index contributed by atoms with van der Waals surface area (Å²) in [7, 11) is -3.59. The van der Waals surface area contributed by atoms with E-state index < -0.39 is 28.0 Å².